The van der Waals surface area contributed by atoms with Gasteiger partial charge in [-0.05, 0) is 73.4 Å². The van der Waals surface area contributed by atoms with Crippen molar-refractivity contribution in [2.45, 2.75) is 122 Å². The molecule has 1 fully saturated rings. The maximum absolute atomic E-state index is 11.0. The average molecular weight is 531 g/mol. The van der Waals surface area contributed by atoms with Gasteiger partial charge in [0, 0.05) is 5.92 Å². The summed E-state index contributed by atoms with van der Waals surface area (Å²) < 4.78 is 13.8. The Morgan fingerprint density at radius 1 is 1.00 bits per heavy atom. The molecule has 36 heavy (non-hydrogen) atoms. The van der Waals surface area contributed by atoms with Gasteiger partial charge in [0.15, 0.2) is 16.6 Å². The molecule has 1 N–H and O–H groups in total. The second-order valence-electron chi connectivity index (χ2n) is 13.8. The number of aliphatic hydroxyl groups is 1. The molecular formula is C31H54O3Si2. The monoisotopic (exact) mass is 530 g/mol. The molecule has 0 radical (unpaired) electrons. The van der Waals surface area contributed by atoms with Crippen molar-refractivity contribution in [3.8, 4) is 0 Å². The number of benzene rings is 1. The SMILES string of the molecule is C=CC[C@H]1[C@@H](O)CC(O[Si](C)(C)C(C)(C)C)[C@@H]1/C=C/[C@H](CCc1ccccc1)O[Si](C)(C)C(C)(C)C. The van der Waals surface area contributed by atoms with Crippen LogP contribution in [0.3, 0.4) is 0 Å². The Morgan fingerprint density at radius 3 is 2.11 bits per heavy atom. The van der Waals surface area contributed by atoms with E-state index in [-0.39, 0.29) is 40.2 Å². The van der Waals surface area contributed by atoms with Gasteiger partial charge in [-0.25, -0.2) is 0 Å². The standard InChI is InChI=1S/C31H54O3Si2/c1-12-16-26-27(29(23-28(26)32)34-36(10,11)31(5,6)7)22-21-25(33-35(8,9)30(2,3)4)20-19-24-17-14-13-15-18-24/h12-15,17-18,21-22,25-29,32H,1,16,19-20,23H2,2-11H3/b22-21+/t25-,26+,27+,28-,29?/m0/s1. The lowest BCUT2D eigenvalue weighted by molar-refractivity contribution is 0.122. The topological polar surface area (TPSA) is 38.7 Å². The summed E-state index contributed by atoms with van der Waals surface area (Å²) in [7, 11) is -3.92. The van der Waals surface area contributed by atoms with E-state index in [4.69, 9.17) is 8.85 Å². The molecule has 0 bridgehead atoms. The fourth-order valence-electron chi connectivity index (χ4n) is 4.51. The zero-order valence-electron chi connectivity index (χ0n) is 24.8. The van der Waals surface area contributed by atoms with E-state index in [2.05, 4.69) is 117 Å². The van der Waals surface area contributed by atoms with Crippen molar-refractivity contribution in [3.05, 3.63) is 60.7 Å². The third kappa shape index (κ3) is 8.26. The van der Waals surface area contributed by atoms with E-state index in [1.165, 1.54) is 5.56 Å². The summed E-state index contributed by atoms with van der Waals surface area (Å²) >= 11 is 0. The Morgan fingerprint density at radius 2 is 1.58 bits per heavy atom. The highest BCUT2D eigenvalue weighted by atomic mass is 28.4. The van der Waals surface area contributed by atoms with Crippen molar-refractivity contribution < 1.29 is 14.0 Å². The summed E-state index contributed by atoms with van der Waals surface area (Å²) in [6.07, 6.45) is 9.70. The van der Waals surface area contributed by atoms with Gasteiger partial charge in [0.1, 0.15) is 0 Å². The van der Waals surface area contributed by atoms with Gasteiger partial charge in [0.2, 0.25) is 0 Å². The van der Waals surface area contributed by atoms with Crippen LogP contribution in [0.1, 0.15) is 66.4 Å². The Labute approximate surface area is 224 Å². The molecule has 1 aliphatic rings. The molecule has 0 saturated heterocycles. The highest BCUT2D eigenvalue weighted by Gasteiger charge is 2.47. The van der Waals surface area contributed by atoms with E-state index in [9.17, 15) is 5.11 Å². The minimum atomic E-state index is -1.97. The molecule has 0 heterocycles. The van der Waals surface area contributed by atoms with Crippen LogP contribution in [0.15, 0.2) is 55.1 Å². The molecule has 1 unspecified atom stereocenters. The van der Waals surface area contributed by atoms with Crippen LogP contribution < -0.4 is 0 Å². The maximum atomic E-state index is 11.0. The summed E-state index contributed by atoms with van der Waals surface area (Å²) in [4.78, 5) is 0. The summed E-state index contributed by atoms with van der Waals surface area (Å²) in [6, 6.07) is 10.7. The fraction of sp³-hybridized carbons (Fsp3) is 0.677. The molecule has 3 nitrogen and oxygen atoms in total. The van der Waals surface area contributed by atoms with E-state index in [1.54, 1.807) is 0 Å². The number of hydrogen-bond acceptors (Lipinski definition) is 3. The van der Waals surface area contributed by atoms with Gasteiger partial charge in [0.25, 0.3) is 0 Å². The lowest BCUT2D eigenvalue weighted by Crippen LogP contribution is -2.45. The Hall–Kier alpha value is -0.986. The molecular weight excluding hydrogens is 477 g/mol. The molecule has 204 valence electrons. The molecule has 1 saturated carbocycles. The molecule has 5 atom stereocenters. The fourth-order valence-corrected chi connectivity index (χ4v) is 7.18. The second kappa shape index (κ2) is 12.2. The summed E-state index contributed by atoms with van der Waals surface area (Å²) in [6.45, 7) is 27.0. The predicted molar refractivity (Wildman–Crippen MR) is 160 cm³/mol. The quantitative estimate of drug-likeness (QED) is 0.230. The van der Waals surface area contributed by atoms with Crippen molar-refractivity contribution in [2.24, 2.45) is 11.8 Å². The van der Waals surface area contributed by atoms with Gasteiger partial charge < -0.3 is 14.0 Å². The van der Waals surface area contributed by atoms with Gasteiger partial charge in [-0.15, -0.1) is 6.58 Å². The molecule has 2 rings (SSSR count). The number of hydrogen-bond donors (Lipinski definition) is 1. The molecule has 0 spiro atoms. The maximum Gasteiger partial charge on any atom is 0.192 e. The predicted octanol–water partition coefficient (Wildman–Crippen LogP) is 8.53. The van der Waals surface area contributed by atoms with Gasteiger partial charge in [-0.2, -0.15) is 0 Å². The van der Waals surface area contributed by atoms with Crippen LogP contribution >= 0.6 is 0 Å². The van der Waals surface area contributed by atoms with Gasteiger partial charge in [-0.1, -0.05) is 90.1 Å². The summed E-state index contributed by atoms with van der Waals surface area (Å²) in [5.41, 5.74) is 1.34. The van der Waals surface area contributed by atoms with Gasteiger partial charge in [0.05, 0.1) is 18.3 Å². The van der Waals surface area contributed by atoms with Crippen LogP contribution in [0, 0.1) is 11.8 Å². The number of rotatable bonds is 11. The van der Waals surface area contributed by atoms with Crippen molar-refractivity contribution in [3.63, 3.8) is 0 Å². The molecule has 1 aromatic carbocycles. The van der Waals surface area contributed by atoms with Crippen molar-refractivity contribution in [1.82, 2.24) is 0 Å². The Balaban J connectivity index is 2.33. The lowest BCUT2D eigenvalue weighted by atomic mass is 9.90. The van der Waals surface area contributed by atoms with Crippen molar-refractivity contribution >= 4 is 16.6 Å². The highest BCUT2D eigenvalue weighted by Crippen LogP contribution is 2.44. The number of aryl methyl sites for hydroxylation is 1. The third-order valence-corrected chi connectivity index (χ3v) is 18.0. The van der Waals surface area contributed by atoms with Crippen LogP contribution in [0.5, 0.6) is 0 Å². The Bertz CT molecular complexity index is 849. The molecule has 0 amide bonds. The van der Waals surface area contributed by atoms with Crippen LogP contribution in [-0.2, 0) is 15.3 Å². The smallest absolute Gasteiger partial charge is 0.192 e. The zero-order chi connectivity index (χ0) is 27.4. The first-order chi connectivity index (χ1) is 16.5. The van der Waals surface area contributed by atoms with E-state index in [1.807, 2.05) is 6.08 Å². The van der Waals surface area contributed by atoms with Crippen LogP contribution in [-0.4, -0.2) is 40.1 Å². The van der Waals surface area contributed by atoms with Crippen LogP contribution in [0.25, 0.3) is 0 Å². The van der Waals surface area contributed by atoms with Gasteiger partial charge >= 0.3 is 0 Å². The summed E-state index contributed by atoms with van der Waals surface area (Å²) in [5.74, 6) is 0.297. The first-order valence-corrected chi connectivity index (χ1v) is 19.7. The average Bonchev–Trinajstić information content (AvgIpc) is 3.02. The highest BCUT2D eigenvalue weighted by molar-refractivity contribution is 6.74. The molecule has 1 aliphatic carbocycles. The van der Waals surface area contributed by atoms with E-state index in [0.29, 0.717) is 6.42 Å². The first kappa shape index (κ1) is 31.2. The minimum absolute atomic E-state index is 0.0322. The number of aliphatic hydroxyl groups excluding tert-OH is 1. The zero-order valence-corrected chi connectivity index (χ0v) is 26.8. The molecule has 0 aliphatic heterocycles. The van der Waals surface area contributed by atoms with E-state index in [0.717, 1.165) is 19.3 Å². The molecule has 5 heteroatoms. The minimum Gasteiger partial charge on any atom is -0.413 e. The van der Waals surface area contributed by atoms with Crippen molar-refractivity contribution in [2.75, 3.05) is 0 Å². The van der Waals surface area contributed by atoms with Crippen LogP contribution in [0.4, 0.5) is 0 Å². The first-order valence-electron chi connectivity index (χ1n) is 13.9. The molecule has 1 aromatic rings. The largest absolute Gasteiger partial charge is 0.413 e. The van der Waals surface area contributed by atoms with E-state index >= 15 is 0 Å². The van der Waals surface area contributed by atoms with Crippen molar-refractivity contribution in [1.29, 1.82) is 0 Å². The number of allylic oxidation sites excluding steroid dienone is 1. The van der Waals surface area contributed by atoms with Gasteiger partial charge in [-0.3, -0.25) is 0 Å². The second-order valence-corrected chi connectivity index (χ2v) is 23.3. The van der Waals surface area contributed by atoms with E-state index < -0.39 is 16.6 Å². The summed E-state index contributed by atoms with van der Waals surface area (Å²) in [5, 5.41) is 11.3. The lowest BCUT2D eigenvalue weighted by Gasteiger charge is -2.40. The third-order valence-electron chi connectivity index (χ3n) is 8.94. The Kier molecular flexibility index (Phi) is 10.6. The normalized spacial score (nSPS) is 24.9. The molecule has 0 aromatic heterocycles. The van der Waals surface area contributed by atoms with Crippen LogP contribution in [0.2, 0.25) is 36.3 Å².